The summed E-state index contributed by atoms with van der Waals surface area (Å²) < 4.78 is 15.3. The molecule has 2 heterocycles. The number of carbonyl (C=O) groups excluding carboxylic acids is 1. The van der Waals surface area contributed by atoms with Crippen molar-refractivity contribution in [3.63, 3.8) is 0 Å². The van der Waals surface area contributed by atoms with Crippen LogP contribution >= 0.6 is 0 Å². The Kier molecular flexibility index (Phi) is 3.82. The van der Waals surface area contributed by atoms with E-state index < -0.39 is 6.17 Å². The molecular weight excluding hydrogens is 269 g/mol. The predicted molar refractivity (Wildman–Crippen MR) is 76.9 cm³/mol. The Morgan fingerprint density at radius 2 is 1.95 bits per heavy atom. The average molecular weight is 287 g/mol. The molecule has 21 heavy (non-hydrogen) atoms. The van der Waals surface area contributed by atoms with Gasteiger partial charge < -0.3 is 0 Å². The zero-order valence-electron chi connectivity index (χ0n) is 11.9. The molecule has 0 N–H and O–H groups in total. The number of nitrogens with zero attached hydrogens (tertiary/aromatic N) is 3. The summed E-state index contributed by atoms with van der Waals surface area (Å²) in [5, 5.41) is 4.01. The first-order chi connectivity index (χ1) is 10.2. The van der Waals surface area contributed by atoms with Crippen LogP contribution in [0.5, 0.6) is 0 Å². The molecule has 110 valence electrons. The third-order valence-electron chi connectivity index (χ3n) is 3.84. The van der Waals surface area contributed by atoms with Crippen molar-refractivity contribution in [1.29, 1.82) is 0 Å². The second kappa shape index (κ2) is 5.76. The van der Waals surface area contributed by atoms with Crippen LogP contribution in [0, 0.1) is 5.92 Å². The monoisotopic (exact) mass is 287 g/mol. The molecule has 4 nitrogen and oxygen atoms in total. The molecule has 5 heteroatoms. The molecule has 1 aromatic heterocycles. The lowest BCUT2D eigenvalue weighted by molar-refractivity contribution is 0.111. The highest BCUT2D eigenvalue weighted by atomic mass is 19.1. The third kappa shape index (κ3) is 3.01. The predicted octanol–water partition coefficient (Wildman–Crippen LogP) is 3.51. The summed E-state index contributed by atoms with van der Waals surface area (Å²) in [5.74, 6) is 1.38. The van der Waals surface area contributed by atoms with Gasteiger partial charge >= 0.3 is 0 Å². The largest absolute Gasteiger partial charge is 0.294 e. The highest BCUT2D eigenvalue weighted by Gasteiger charge is 2.35. The minimum absolute atomic E-state index is 0.0447. The van der Waals surface area contributed by atoms with Crippen LogP contribution in [0.2, 0.25) is 0 Å². The Labute approximate surface area is 123 Å². The van der Waals surface area contributed by atoms with Crippen molar-refractivity contribution < 1.29 is 9.18 Å². The average Bonchev–Trinajstić information content (AvgIpc) is 3.07. The van der Waals surface area contributed by atoms with E-state index in [0.717, 1.165) is 11.5 Å². The van der Waals surface area contributed by atoms with Crippen LogP contribution in [-0.2, 0) is 0 Å². The van der Waals surface area contributed by atoms with Crippen molar-refractivity contribution in [3.05, 3.63) is 47.5 Å². The van der Waals surface area contributed by atoms with Gasteiger partial charge in [-0.3, -0.25) is 4.79 Å². The second-order valence-electron chi connectivity index (χ2n) is 5.70. The first kappa shape index (κ1) is 13.9. The van der Waals surface area contributed by atoms with Crippen LogP contribution in [0.4, 0.5) is 4.39 Å². The maximum atomic E-state index is 13.8. The summed E-state index contributed by atoms with van der Waals surface area (Å²) in [6, 6.07) is 9.40. The van der Waals surface area contributed by atoms with Crippen molar-refractivity contribution in [2.24, 2.45) is 5.92 Å². The summed E-state index contributed by atoms with van der Waals surface area (Å²) in [6.45, 7) is 2.28. The number of fused-ring (bicyclic) bond motifs is 1. The molecule has 1 aliphatic heterocycles. The Hall–Kier alpha value is -2.04. The fourth-order valence-corrected chi connectivity index (χ4v) is 2.37. The molecule has 1 fully saturated rings. The Morgan fingerprint density at radius 3 is 2.52 bits per heavy atom. The van der Waals surface area contributed by atoms with Gasteiger partial charge in [0.2, 0.25) is 5.82 Å². The highest BCUT2D eigenvalue weighted by Crippen LogP contribution is 2.38. The number of aldehydes is 1. The van der Waals surface area contributed by atoms with Crippen LogP contribution in [0.3, 0.4) is 0 Å². The molecule has 0 spiro atoms. The lowest BCUT2D eigenvalue weighted by Gasteiger charge is -2.10. The Balaban J connectivity index is 0.000000287. The van der Waals surface area contributed by atoms with Gasteiger partial charge in [0.05, 0.1) is 6.04 Å². The maximum absolute atomic E-state index is 13.8. The van der Waals surface area contributed by atoms with Gasteiger partial charge in [0, 0.05) is 6.42 Å². The van der Waals surface area contributed by atoms with Gasteiger partial charge in [0.1, 0.15) is 0 Å². The van der Waals surface area contributed by atoms with E-state index >= 15 is 0 Å². The van der Waals surface area contributed by atoms with Gasteiger partial charge in [-0.25, -0.2) is 14.1 Å². The number of rotatable bonds is 2. The van der Waals surface area contributed by atoms with Gasteiger partial charge in [-0.05, 0) is 11.5 Å². The number of carbonyl (C=O) groups is 1. The standard InChI is InChI=1S/C12H10FN3O.C4H8/c13-9-6-10(8-4-2-1-3-5-8)16-12(9)14-11(7-17)15-16;1-4-2-3-4/h1-5,7,9-10H,6H2;4H,2-3H2,1H3. The number of hydrogen-bond acceptors (Lipinski definition) is 3. The van der Waals surface area contributed by atoms with Crippen LogP contribution < -0.4 is 0 Å². The normalized spacial score (nSPS) is 23.1. The van der Waals surface area contributed by atoms with Crippen LogP contribution in [0.15, 0.2) is 30.3 Å². The molecule has 0 radical (unpaired) electrons. The summed E-state index contributed by atoms with van der Waals surface area (Å²) in [6.07, 6.45) is 2.69. The highest BCUT2D eigenvalue weighted by molar-refractivity contribution is 5.68. The molecule has 2 aliphatic rings. The van der Waals surface area contributed by atoms with Crippen LogP contribution in [0.1, 0.15) is 60.4 Å². The topological polar surface area (TPSA) is 47.8 Å². The van der Waals surface area contributed by atoms with Crippen molar-refractivity contribution in [2.45, 2.75) is 38.4 Å². The number of aromatic nitrogens is 3. The van der Waals surface area contributed by atoms with Crippen molar-refractivity contribution in [2.75, 3.05) is 0 Å². The number of benzene rings is 1. The van der Waals surface area contributed by atoms with E-state index in [1.165, 1.54) is 17.5 Å². The lowest BCUT2D eigenvalue weighted by atomic mass is 10.0. The number of hydrogen-bond donors (Lipinski definition) is 0. The van der Waals surface area contributed by atoms with E-state index in [-0.39, 0.29) is 17.7 Å². The minimum atomic E-state index is -1.15. The maximum Gasteiger partial charge on any atom is 0.214 e. The summed E-state index contributed by atoms with van der Waals surface area (Å²) in [4.78, 5) is 14.5. The van der Waals surface area contributed by atoms with Crippen molar-refractivity contribution >= 4 is 6.29 Å². The molecule has 2 unspecified atom stereocenters. The van der Waals surface area contributed by atoms with Crippen molar-refractivity contribution in [3.8, 4) is 0 Å². The van der Waals surface area contributed by atoms with E-state index in [4.69, 9.17) is 0 Å². The quantitative estimate of drug-likeness (QED) is 0.794. The number of alkyl halides is 1. The minimum Gasteiger partial charge on any atom is -0.294 e. The van der Waals surface area contributed by atoms with E-state index in [0.29, 0.717) is 12.7 Å². The van der Waals surface area contributed by atoms with Gasteiger partial charge in [-0.15, -0.1) is 5.10 Å². The number of halogens is 1. The van der Waals surface area contributed by atoms with Crippen LogP contribution in [0.25, 0.3) is 0 Å². The Morgan fingerprint density at radius 1 is 1.29 bits per heavy atom. The zero-order chi connectivity index (χ0) is 14.8. The molecule has 1 saturated carbocycles. The molecule has 2 aromatic rings. The van der Waals surface area contributed by atoms with Crippen molar-refractivity contribution in [1.82, 2.24) is 14.8 Å². The summed E-state index contributed by atoms with van der Waals surface area (Å²) in [5.41, 5.74) is 0.983. The molecule has 0 amide bonds. The van der Waals surface area contributed by atoms with E-state index in [1.807, 2.05) is 30.3 Å². The summed E-state index contributed by atoms with van der Waals surface area (Å²) >= 11 is 0. The fourth-order valence-electron chi connectivity index (χ4n) is 2.37. The van der Waals surface area contributed by atoms with Crippen LogP contribution in [-0.4, -0.2) is 21.1 Å². The second-order valence-corrected chi connectivity index (χ2v) is 5.70. The molecule has 2 atom stereocenters. The smallest absolute Gasteiger partial charge is 0.214 e. The van der Waals surface area contributed by atoms with E-state index in [1.54, 1.807) is 0 Å². The van der Waals surface area contributed by atoms with E-state index in [9.17, 15) is 9.18 Å². The lowest BCUT2D eigenvalue weighted by Crippen LogP contribution is -2.07. The SMILES string of the molecule is CC1CC1.O=Cc1nc2n(n1)C(c1ccccc1)CC2F. The third-order valence-corrected chi connectivity index (χ3v) is 3.84. The zero-order valence-corrected chi connectivity index (χ0v) is 11.9. The van der Waals surface area contributed by atoms with E-state index in [2.05, 4.69) is 17.0 Å². The first-order valence-corrected chi connectivity index (χ1v) is 7.29. The summed E-state index contributed by atoms with van der Waals surface area (Å²) in [7, 11) is 0. The molecule has 4 rings (SSSR count). The molecule has 0 bridgehead atoms. The fraction of sp³-hybridized carbons (Fsp3) is 0.438. The molecule has 1 aromatic carbocycles. The van der Waals surface area contributed by atoms with Gasteiger partial charge in [0.15, 0.2) is 18.3 Å². The van der Waals surface area contributed by atoms with Gasteiger partial charge in [-0.1, -0.05) is 50.1 Å². The molecule has 0 saturated heterocycles. The molecular formula is C16H18FN3O. The van der Waals surface area contributed by atoms with Gasteiger partial charge in [-0.2, -0.15) is 0 Å². The van der Waals surface area contributed by atoms with Gasteiger partial charge in [0.25, 0.3) is 0 Å². The molecule has 1 aliphatic carbocycles. The first-order valence-electron chi connectivity index (χ1n) is 7.29. The Bertz CT molecular complexity index is 622.